The number of aryl methyl sites for hydroxylation is 1. The number of amides is 1. The van der Waals surface area contributed by atoms with E-state index < -0.39 is 0 Å². The maximum absolute atomic E-state index is 12.7. The van der Waals surface area contributed by atoms with Crippen LogP contribution in [0.1, 0.15) is 30.9 Å². The lowest BCUT2D eigenvalue weighted by atomic mass is 9.98. The number of nitrogens with one attached hydrogen (secondary N) is 1. The van der Waals surface area contributed by atoms with E-state index in [4.69, 9.17) is 18.9 Å². The second-order valence-corrected chi connectivity index (χ2v) is 9.89. The van der Waals surface area contributed by atoms with Crippen molar-refractivity contribution in [2.24, 2.45) is 5.92 Å². The standard InChI is InChI=1S/C30H34N2O5/c1-20-5-4-12-32(16-20)17-24-14-22(23-7-11-28-29(15-23)37-19-36-28)6-10-27(24)35-18-30(33)31-26-9-8-25(34-3)13-21(26)2/h6-11,13-15,20H,4-5,12,16-19H2,1-3H3,(H,31,33)/t20-/m1/s1. The van der Waals surface area contributed by atoms with Crippen LogP contribution in [-0.2, 0) is 11.3 Å². The van der Waals surface area contributed by atoms with Gasteiger partial charge in [-0.2, -0.15) is 0 Å². The molecule has 5 rings (SSSR count). The van der Waals surface area contributed by atoms with Crippen molar-refractivity contribution in [2.45, 2.75) is 33.2 Å². The molecule has 0 unspecified atom stereocenters. The van der Waals surface area contributed by atoms with E-state index in [1.165, 1.54) is 12.8 Å². The molecule has 194 valence electrons. The summed E-state index contributed by atoms with van der Waals surface area (Å²) in [4.78, 5) is 15.2. The Bertz CT molecular complexity index is 1270. The normalized spacial score (nSPS) is 16.9. The molecule has 7 nitrogen and oxygen atoms in total. The molecule has 1 atom stereocenters. The van der Waals surface area contributed by atoms with Crippen LogP contribution in [0.15, 0.2) is 54.6 Å². The first-order valence-electron chi connectivity index (χ1n) is 12.8. The average molecular weight is 503 g/mol. The van der Waals surface area contributed by atoms with Gasteiger partial charge in [0.05, 0.1) is 7.11 Å². The van der Waals surface area contributed by atoms with E-state index in [9.17, 15) is 4.79 Å². The summed E-state index contributed by atoms with van der Waals surface area (Å²) in [7, 11) is 1.63. The van der Waals surface area contributed by atoms with Crippen LogP contribution >= 0.6 is 0 Å². The Morgan fingerprint density at radius 1 is 1.05 bits per heavy atom. The number of ether oxygens (including phenoxy) is 4. The lowest BCUT2D eigenvalue weighted by Gasteiger charge is -2.31. The Labute approximate surface area is 218 Å². The zero-order chi connectivity index (χ0) is 25.8. The minimum atomic E-state index is -0.203. The van der Waals surface area contributed by atoms with Crippen molar-refractivity contribution >= 4 is 11.6 Å². The molecule has 37 heavy (non-hydrogen) atoms. The maximum Gasteiger partial charge on any atom is 0.262 e. The first-order chi connectivity index (χ1) is 18.0. The summed E-state index contributed by atoms with van der Waals surface area (Å²) < 4.78 is 22.4. The third-order valence-electron chi connectivity index (χ3n) is 6.97. The van der Waals surface area contributed by atoms with E-state index in [1.54, 1.807) is 7.11 Å². The van der Waals surface area contributed by atoms with E-state index in [-0.39, 0.29) is 19.3 Å². The molecule has 1 amide bonds. The number of hydrogen-bond donors (Lipinski definition) is 1. The minimum absolute atomic E-state index is 0.0712. The van der Waals surface area contributed by atoms with E-state index in [1.807, 2.05) is 55.5 Å². The second-order valence-electron chi connectivity index (χ2n) is 9.89. The fourth-order valence-corrected chi connectivity index (χ4v) is 5.00. The summed E-state index contributed by atoms with van der Waals surface area (Å²) >= 11 is 0. The van der Waals surface area contributed by atoms with Gasteiger partial charge in [-0.15, -0.1) is 0 Å². The highest BCUT2D eigenvalue weighted by molar-refractivity contribution is 5.92. The lowest BCUT2D eigenvalue weighted by molar-refractivity contribution is -0.118. The topological polar surface area (TPSA) is 69.3 Å². The van der Waals surface area contributed by atoms with Crippen molar-refractivity contribution in [2.75, 3.05) is 38.9 Å². The summed E-state index contributed by atoms with van der Waals surface area (Å²) in [5.74, 6) is 3.48. The quantitative estimate of drug-likeness (QED) is 0.429. The monoisotopic (exact) mass is 502 g/mol. The third-order valence-corrected chi connectivity index (χ3v) is 6.97. The molecule has 0 bridgehead atoms. The molecule has 0 saturated carbocycles. The number of benzene rings is 3. The van der Waals surface area contributed by atoms with Gasteiger partial charge in [-0.05, 0) is 91.4 Å². The van der Waals surface area contributed by atoms with E-state index in [0.717, 1.165) is 70.6 Å². The maximum atomic E-state index is 12.7. The molecule has 1 saturated heterocycles. The fraction of sp³-hybridized carbons (Fsp3) is 0.367. The zero-order valence-corrected chi connectivity index (χ0v) is 21.7. The van der Waals surface area contributed by atoms with Crippen molar-refractivity contribution in [3.8, 4) is 34.1 Å². The summed E-state index contributed by atoms with van der Waals surface area (Å²) in [5, 5.41) is 2.94. The zero-order valence-electron chi connectivity index (χ0n) is 21.7. The van der Waals surface area contributed by atoms with Gasteiger partial charge in [0.2, 0.25) is 6.79 Å². The molecule has 0 spiro atoms. The number of piperidine rings is 1. The Morgan fingerprint density at radius 2 is 1.86 bits per heavy atom. The van der Waals surface area contributed by atoms with Crippen LogP contribution in [0.2, 0.25) is 0 Å². The number of methoxy groups -OCH3 is 1. The van der Waals surface area contributed by atoms with Crippen molar-refractivity contribution in [3.05, 3.63) is 65.7 Å². The van der Waals surface area contributed by atoms with Gasteiger partial charge in [0.15, 0.2) is 18.1 Å². The van der Waals surface area contributed by atoms with Crippen LogP contribution in [0.5, 0.6) is 23.0 Å². The fourth-order valence-electron chi connectivity index (χ4n) is 5.00. The third kappa shape index (κ3) is 6.00. The largest absolute Gasteiger partial charge is 0.497 e. The van der Waals surface area contributed by atoms with Gasteiger partial charge in [0, 0.05) is 24.3 Å². The minimum Gasteiger partial charge on any atom is -0.497 e. The molecule has 1 fully saturated rings. The Hall–Kier alpha value is -3.71. The molecule has 3 aromatic rings. The van der Waals surface area contributed by atoms with Crippen LogP contribution in [0.3, 0.4) is 0 Å². The number of carbonyl (C=O) groups is 1. The first-order valence-corrected chi connectivity index (χ1v) is 12.8. The van der Waals surface area contributed by atoms with Crippen LogP contribution in [0, 0.1) is 12.8 Å². The molecular formula is C30H34N2O5. The Morgan fingerprint density at radius 3 is 2.68 bits per heavy atom. The van der Waals surface area contributed by atoms with Crippen molar-refractivity contribution in [3.63, 3.8) is 0 Å². The number of hydrogen-bond acceptors (Lipinski definition) is 6. The first kappa shape index (κ1) is 25.0. The van der Waals surface area contributed by atoms with Crippen LogP contribution in [-0.4, -0.2) is 44.4 Å². The number of rotatable bonds is 8. The van der Waals surface area contributed by atoms with E-state index >= 15 is 0 Å². The van der Waals surface area contributed by atoms with Crippen molar-refractivity contribution in [1.82, 2.24) is 4.90 Å². The second kappa shape index (κ2) is 11.1. The highest BCUT2D eigenvalue weighted by Crippen LogP contribution is 2.37. The predicted octanol–water partition coefficient (Wildman–Crippen LogP) is 5.65. The number of fused-ring (bicyclic) bond motifs is 1. The van der Waals surface area contributed by atoms with Crippen LogP contribution in [0.25, 0.3) is 11.1 Å². The summed E-state index contributed by atoms with van der Waals surface area (Å²) in [6.45, 7) is 7.32. The van der Waals surface area contributed by atoms with Gasteiger partial charge in [-0.1, -0.05) is 19.1 Å². The Kier molecular flexibility index (Phi) is 7.51. The molecule has 0 aliphatic carbocycles. The number of nitrogens with zero attached hydrogens (tertiary/aromatic N) is 1. The van der Waals surface area contributed by atoms with Crippen LogP contribution in [0.4, 0.5) is 5.69 Å². The number of carbonyl (C=O) groups excluding carboxylic acids is 1. The summed E-state index contributed by atoms with van der Waals surface area (Å²) in [5.41, 5.74) is 4.87. The molecular weight excluding hydrogens is 468 g/mol. The predicted molar refractivity (Wildman–Crippen MR) is 144 cm³/mol. The smallest absolute Gasteiger partial charge is 0.262 e. The van der Waals surface area contributed by atoms with E-state index in [2.05, 4.69) is 23.2 Å². The molecule has 1 N–H and O–H groups in total. The SMILES string of the molecule is COc1ccc(NC(=O)COc2ccc(-c3ccc4c(c3)OCO4)cc2CN2CCC[C@@H](C)C2)c(C)c1. The number of likely N-dealkylation sites (tertiary alicyclic amines) is 1. The van der Waals surface area contributed by atoms with Gasteiger partial charge in [0.25, 0.3) is 5.91 Å². The summed E-state index contributed by atoms with van der Waals surface area (Å²) in [6, 6.07) is 17.7. The van der Waals surface area contributed by atoms with Gasteiger partial charge in [-0.3, -0.25) is 9.69 Å². The molecule has 0 aromatic heterocycles. The molecule has 2 aliphatic heterocycles. The van der Waals surface area contributed by atoms with E-state index in [0.29, 0.717) is 5.92 Å². The van der Waals surface area contributed by atoms with Crippen molar-refractivity contribution < 1.29 is 23.7 Å². The number of anilines is 1. The molecule has 2 heterocycles. The van der Waals surface area contributed by atoms with Gasteiger partial charge in [0.1, 0.15) is 11.5 Å². The molecule has 2 aliphatic rings. The highest BCUT2D eigenvalue weighted by atomic mass is 16.7. The van der Waals surface area contributed by atoms with Gasteiger partial charge in [-0.25, -0.2) is 0 Å². The van der Waals surface area contributed by atoms with Gasteiger partial charge < -0.3 is 24.3 Å². The highest BCUT2D eigenvalue weighted by Gasteiger charge is 2.20. The summed E-state index contributed by atoms with van der Waals surface area (Å²) in [6.07, 6.45) is 2.46. The lowest BCUT2D eigenvalue weighted by Crippen LogP contribution is -2.33. The van der Waals surface area contributed by atoms with Crippen molar-refractivity contribution in [1.29, 1.82) is 0 Å². The molecule has 0 radical (unpaired) electrons. The van der Waals surface area contributed by atoms with Crippen LogP contribution < -0.4 is 24.3 Å². The molecule has 3 aromatic carbocycles. The van der Waals surface area contributed by atoms with Gasteiger partial charge >= 0.3 is 0 Å². The average Bonchev–Trinajstić information content (AvgIpc) is 3.37. The molecule has 7 heteroatoms. The Balaban J connectivity index is 1.33.